The molecule has 5 nitrogen and oxygen atoms in total. The Morgan fingerprint density at radius 2 is 2.07 bits per heavy atom. The third-order valence-electron chi connectivity index (χ3n) is 3.98. The van der Waals surface area contributed by atoms with Crippen LogP contribution in [0.25, 0.3) is 0 Å². The van der Waals surface area contributed by atoms with Crippen molar-refractivity contribution in [3.63, 3.8) is 0 Å². The van der Waals surface area contributed by atoms with Gasteiger partial charge in [0.05, 0.1) is 19.2 Å². The summed E-state index contributed by atoms with van der Waals surface area (Å²) in [7, 11) is 1.41. The minimum atomic E-state index is -4.45. The van der Waals surface area contributed by atoms with Gasteiger partial charge in [0.25, 0.3) is 0 Å². The van der Waals surface area contributed by atoms with E-state index < -0.39 is 19.5 Å². The maximum Gasteiger partial charge on any atom is 0.422 e. The molecule has 0 aromatic heterocycles. The van der Waals surface area contributed by atoms with Crippen LogP contribution in [0.15, 0.2) is 23.2 Å². The summed E-state index contributed by atoms with van der Waals surface area (Å²) in [5, 5.41) is 3.35. The van der Waals surface area contributed by atoms with E-state index >= 15 is 0 Å². The van der Waals surface area contributed by atoms with Gasteiger partial charge in [-0.25, -0.2) is 9.38 Å². The molecule has 152 valence electrons. The highest BCUT2D eigenvalue weighted by Gasteiger charge is 2.28. The van der Waals surface area contributed by atoms with Crippen LogP contribution >= 0.6 is 0 Å². The fraction of sp³-hybridized carbons (Fsp3) is 0.611. The van der Waals surface area contributed by atoms with Crippen molar-refractivity contribution in [2.45, 2.75) is 31.5 Å². The summed E-state index contributed by atoms with van der Waals surface area (Å²) in [6.45, 7) is -0.912. The topological polar surface area (TPSA) is 52.1 Å². The maximum absolute atomic E-state index is 12.5. The second-order valence-corrected chi connectivity index (χ2v) is 6.10. The minimum Gasteiger partial charge on any atom is -0.490 e. The van der Waals surface area contributed by atoms with Gasteiger partial charge in [-0.2, -0.15) is 13.2 Å². The molecule has 1 heterocycles. The van der Waals surface area contributed by atoms with E-state index in [1.54, 1.807) is 0 Å². The zero-order valence-corrected chi connectivity index (χ0v) is 15.2. The zero-order valence-electron chi connectivity index (χ0n) is 15.2. The van der Waals surface area contributed by atoms with E-state index in [1.807, 2.05) is 0 Å². The minimum absolute atomic E-state index is 0.00420. The Morgan fingerprint density at radius 3 is 2.70 bits per heavy atom. The monoisotopic (exact) mass is 392 g/mol. The van der Waals surface area contributed by atoms with E-state index in [0.29, 0.717) is 12.1 Å². The van der Waals surface area contributed by atoms with Gasteiger partial charge in [0.15, 0.2) is 6.61 Å². The van der Waals surface area contributed by atoms with E-state index in [4.69, 9.17) is 14.2 Å². The number of methoxy groups -OCH3 is 1. The first-order chi connectivity index (χ1) is 12.9. The van der Waals surface area contributed by atoms with E-state index in [9.17, 15) is 17.6 Å². The summed E-state index contributed by atoms with van der Waals surface area (Å²) in [5.41, 5.74) is 0.321. The first-order valence-electron chi connectivity index (χ1n) is 8.77. The molecular formula is C18H24F4N2O3. The molecular weight excluding hydrogens is 368 g/mol. The number of nitrogens with one attached hydrogen (secondary N) is 1. The number of hydrogen-bond acceptors (Lipinski definition) is 5. The van der Waals surface area contributed by atoms with Gasteiger partial charge in [-0.1, -0.05) is 6.42 Å². The zero-order chi connectivity index (χ0) is 19.7. The lowest BCUT2D eigenvalue weighted by atomic mass is 10.1. The smallest absolute Gasteiger partial charge is 0.422 e. The van der Waals surface area contributed by atoms with Gasteiger partial charge in [-0.05, 0) is 37.6 Å². The summed E-state index contributed by atoms with van der Waals surface area (Å²) in [5.74, 6) is 0.466. The fourth-order valence-corrected chi connectivity index (χ4v) is 2.74. The number of aliphatic imine (C=N–C) groups is 1. The Balaban J connectivity index is 2.21. The normalized spacial score (nSPS) is 18.3. The number of rotatable bonds is 8. The van der Waals surface area contributed by atoms with Crippen LogP contribution in [0.3, 0.4) is 0 Å². The molecule has 1 atom stereocenters. The second-order valence-electron chi connectivity index (χ2n) is 6.10. The predicted molar refractivity (Wildman–Crippen MR) is 93.5 cm³/mol. The van der Waals surface area contributed by atoms with Crippen molar-refractivity contribution in [3.05, 3.63) is 23.8 Å². The van der Waals surface area contributed by atoms with Gasteiger partial charge in [0.2, 0.25) is 5.90 Å². The molecule has 1 saturated heterocycles. The molecule has 1 aliphatic heterocycles. The largest absolute Gasteiger partial charge is 0.490 e. The summed E-state index contributed by atoms with van der Waals surface area (Å²) in [6.07, 6.45) is -1.23. The molecule has 9 heteroatoms. The third kappa shape index (κ3) is 7.24. The summed E-state index contributed by atoms with van der Waals surface area (Å²) < 4.78 is 65.1. The van der Waals surface area contributed by atoms with Crippen LogP contribution in [-0.4, -0.2) is 58.2 Å². The van der Waals surface area contributed by atoms with E-state index in [0.717, 1.165) is 25.8 Å². The first-order valence-corrected chi connectivity index (χ1v) is 8.77. The average molecular weight is 392 g/mol. The summed E-state index contributed by atoms with van der Waals surface area (Å²) in [4.78, 5) is 4.44. The lowest BCUT2D eigenvalue weighted by molar-refractivity contribution is -0.153. The molecule has 0 amide bonds. The molecule has 0 spiro atoms. The number of hydrogen-bond donors (Lipinski definition) is 1. The average Bonchev–Trinajstić information content (AvgIpc) is 2.66. The standard InChI is InChI=1S/C18H24F4N2O3/c1-25-17(24-11-13-4-2-3-8-23-13)15-10-14(27-12-18(20,21)22)5-6-16(15)26-9-7-19/h5-6,10,13,23H,2-4,7-9,11-12H2,1H3. The van der Waals surface area contributed by atoms with Gasteiger partial charge >= 0.3 is 6.18 Å². The molecule has 1 aliphatic rings. The van der Waals surface area contributed by atoms with Gasteiger partial charge in [-0.3, -0.25) is 0 Å². The summed E-state index contributed by atoms with van der Waals surface area (Å²) in [6, 6.07) is 4.32. The Morgan fingerprint density at radius 1 is 1.26 bits per heavy atom. The van der Waals surface area contributed by atoms with Crippen LogP contribution in [-0.2, 0) is 4.74 Å². The van der Waals surface area contributed by atoms with Crippen LogP contribution in [0.1, 0.15) is 24.8 Å². The Labute approximate surface area is 155 Å². The van der Waals surface area contributed by atoms with Crippen molar-refractivity contribution in [1.29, 1.82) is 0 Å². The van der Waals surface area contributed by atoms with Gasteiger partial charge in [0.1, 0.15) is 24.8 Å². The summed E-state index contributed by atoms with van der Waals surface area (Å²) >= 11 is 0. The number of benzene rings is 1. The maximum atomic E-state index is 12.5. The molecule has 2 rings (SSSR count). The number of nitrogens with zero attached hydrogens (tertiary/aromatic N) is 1. The third-order valence-corrected chi connectivity index (χ3v) is 3.98. The predicted octanol–water partition coefficient (Wildman–Crippen LogP) is 3.51. The number of ether oxygens (including phenoxy) is 3. The Bertz CT molecular complexity index is 617. The van der Waals surface area contributed by atoms with Crippen molar-refractivity contribution in [2.24, 2.45) is 4.99 Å². The highest BCUT2D eigenvalue weighted by Crippen LogP contribution is 2.27. The fourth-order valence-electron chi connectivity index (χ4n) is 2.74. The lowest BCUT2D eigenvalue weighted by Crippen LogP contribution is -2.36. The van der Waals surface area contributed by atoms with E-state index in [2.05, 4.69) is 10.3 Å². The molecule has 1 aromatic rings. The highest BCUT2D eigenvalue weighted by molar-refractivity contribution is 5.97. The molecule has 1 fully saturated rings. The second kappa shape index (κ2) is 10.3. The first kappa shape index (κ1) is 21.3. The molecule has 0 aliphatic carbocycles. The van der Waals surface area contributed by atoms with Gasteiger partial charge in [0, 0.05) is 6.04 Å². The Hall–Kier alpha value is -2.03. The molecule has 1 aromatic carbocycles. The van der Waals surface area contributed by atoms with Gasteiger partial charge < -0.3 is 19.5 Å². The van der Waals surface area contributed by atoms with Crippen molar-refractivity contribution >= 4 is 5.90 Å². The van der Waals surface area contributed by atoms with E-state index in [1.165, 1.54) is 25.3 Å². The van der Waals surface area contributed by atoms with Crippen LogP contribution < -0.4 is 14.8 Å². The molecule has 1 unspecified atom stereocenters. The number of piperidine rings is 1. The molecule has 27 heavy (non-hydrogen) atoms. The quantitative estimate of drug-likeness (QED) is 0.418. The lowest BCUT2D eigenvalue weighted by Gasteiger charge is -2.22. The van der Waals surface area contributed by atoms with Crippen LogP contribution in [0, 0.1) is 0 Å². The number of halogens is 4. The SMILES string of the molecule is COC(=NCC1CCCCN1)c1cc(OCC(F)(F)F)ccc1OCCF. The van der Waals surface area contributed by atoms with Crippen molar-refractivity contribution in [1.82, 2.24) is 5.32 Å². The molecule has 0 saturated carbocycles. The van der Waals surface area contributed by atoms with Crippen molar-refractivity contribution < 1.29 is 31.8 Å². The molecule has 0 bridgehead atoms. The van der Waals surface area contributed by atoms with Crippen LogP contribution in [0.4, 0.5) is 17.6 Å². The molecule has 1 N–H and O–H groups in total. The van der Waals surface area contributed by atoms with Crippen molar-refractivity contribution in [2.75, 3.05) is 40.1 Å². The van der Waals surface area contributed by atoms with Crippen LogP contribution in [0.5, 0.6) is 11.5 Å². The Kier molecular flexibility index (Phi) is 8.15. The number of alkyl halides is 4. The van der Waals surface area contributed by atoms with Crippen molar-refractivity contribution in [3.8, 4) is 11.5 Å². The van der Waals surface area contributed by atoms with Gasteiger partial charge in [-0.15, -0.1) is 0 Å². The van der Waals surface area contributed by atoms with E-state index in [-0.39, 0.29) is 30.0 Å². The molecule has 0 radical (unpaired) electrons. The highest BCUT2D eigenvalue weighted by atomic mass is 19.4. The van der Waals surface area contributed by atoms with Crippen LogP contribution in [0.2, 0.25) is 0 Å².